The number of nitrogens with zero attached hydrogens (tertiary/aromatic N) is 1. The Morgan fingerprint density at radius 1 is 1.44 bits per heavy atom. The molecule has 0 N–H and O–H groups in total. The smallest absolute Gasteiger partial charge is 0.348 e. The molecule has 18 heavy (non-hydrogen) atoms. The van der Waals surface area contributed by atoms with Crippen LogP contribution in [-0.4, -0.2) is 30.6 Å². The van der Waals surface area contributed by atoms with Crippen LogP contribution in [0.3, 0.4) is 0 Å². The minimum absolute atomic E-state index is 0.159. The summed E-state index contributed by atoms with van der Waals surface area (Å²) in [5, 5.41) is 0. The maximum Gasteiger partial charge on any atom is 0.348 e. The topological polar surface area (TPSA) is 74.7 Å². The van der Waals surface area contributed by atoms with Crippen LogP contribution in [0, 0.1) is 0 Å². The first-order valence-electron chi connectivity index (χ1n) is 5.22. The lowest BCUT2D eigenvalue weighted by Gasteiger charge is -2.04. The second kappa shape index (κ2) is 7.05. The Kier molecular flexibility index (Phi) is 5.37. The fraction of sp³-hybridized carbons (Fsp3) is 0.250. The monoisotopic (exact) mass is 251 g/mol. The van der Waals surface area contributed by atoms with Crippen LogP contribution >= 0.6 is 0 Å². The number of methoxy groups -OCH3 is 1. The van der Waals surface area contributed by atoms with Crippen LogP contribution in [0.1, 0.15) is 17.3 Å². The summed E-state index contributed by atoms with van der Waals surface area (Å²) >= 11 is 0. The van der Waals surface area contributed by atoms with E-state index in [1.54, 1.807) is 13.0 Å². The molecule has 0 aromatic carbocycles. The first-order chi connectivity index (χ1) is 8.69. The van der Waals surface area contributed by atoms with E-state index < -0.39 is 11.9 Å². The third kappa shape index (κ3) is 3.89. The predicted molar refractivity (Wildman–Crippen MR) is 62.0 cm³/mol. The standard InChI is InChI=1S/C12H13NO5/c1-3-17-10(14)6-8-18-12(15)9-5-4-7-13-11(9)16-2/h4-8H,3H2,1-2H3. The van der Waals surface area contributed by atoms with E-state index in [0.717, 1.165) is 12.3 Å². The summed E-state index contributed by atoms with van der Waals surface area (Å²) < 4.78 is 14.3. The number of esters is 2. The van der Waals surface area contributed by atoms with Gasteiger partial charge in [0, 0.05) is 6.20 Å². The molecule has 0 spiro atoms. The number of ether oxygens (including phenoxy) is 3. The minimum atomic E-state index is -0.666. The van der Waals surface area contributed by atoms with E-state index in [1.807, 2.05) is 0 Å². The molecule has 1 rings (SSSR count). The summed E-state index contributed by atoms with van der Waals surface area (Å²) in [4.78, 5) is 26.4. The fourth-order valence-corrected chi connectivity index (χ4v) is 1.11. The quantitative estimate of drug-likeness (QED) is 0.446. The van der Waals surface area contributed by atoms with Crippen molar-refractivity contribution < 1.29 is 23.8 Å². The Balaban J connectivity index is 2.63. The number of rotatable bonds is 5. The van der Waals surface area contributed by atoms with Gasteiger partial charge in [-0.1, -0.05) is 0 Å². The van der Waals surface area contributed by atoms with Gasteiger partial charge in [-0.2, -0.15) is 0 Å². The van der Waals surface area contributed by atoms with Crippen molar-refractivity contribution in [2.24, 2.45) is 0 Å². The molecule has 1 aromatic heterocycles. The molecule has 0 amide bonds. The van der Waals surface area contributed by atoms with Gasteiger partial charge in [0.15, 0.2) is 0 Å². The van der Waals surface area contributed by atoms with Crippen LogP contribution in [0.2, 0.25) is 0 Å². The van der Waals surface area contributed by atoms with Gasteiger partial charge in [-0.15, -0.1) is 0 Å². The van der Waals surface area contributed by atoms with Crippen LogP contribution in [0.4, 0.5) is 0 Å². The molecule has 0 saturated carbocycles. The summed E-state index contributed by atoms with van der Waals surface area (Å²) in [5.74, 6) is -1.09. The number of hydrogen-bond donors (Lipinski definition) is 0. The second-order valence-electron chi connectivity index (χ2n) is 3.02. The van der Waals surface area contributed by atoms with Crippen molar-refractivity contribution in [3.8, 4) is 5.88 Å². The molecule has 6 heteroatoms. The van der Waals surface area contributed by atoms with Gasteiger partial charge in [0.1, 0.15) is 11.8 Å². The van der Waals surface area contributed by atoms with Crippen LogP contribution in [0.25, 0.3) is 0 Å². The van der Waals surface area contributed by atoms with E-state index in [1.165, 1.54) is 19.4 Å². The summed E-state index contributed by atoms with van der Waals surface area (Å²) in [5.41, 5.74) is 0.175. The van der Waals surface area contributed by atoms with Crippen molar-refractivity contribution in [3.63, 3.8) is 0 Å². The molecule has 0 bridgehead atoms. The van der Waals surface area contributed by atoms with Gasteiger partial charge in [-0.3, -0.25) is 0 Å². The van der Waals surface area contributed by atoms with Gasteiger partial charge in [0.2, 0.25) is 5.88 Å². The average molecular weight is 251 g/mol. The van der Waals surface area contributed by atoms with E-state index in [4.69, 9.17) is 9.47 Å². The fourth-order valence-electron chi connectivity index (χ4n) is 1.11. The number of pyridine rings is 1. The Morgan fingerprint density at radius 2 is 2.22 bits per heavy atom. The first kappa shape index (κ1) is 13.7. The maximum absolute atomic E-state index is 11.6. The average Bonchev–Trinajstić information content (AvgIpc) is 2.38. The molecule has 1 aromatic rings. The summed E-state index contributed by atoms with van der Waals surface area (Å²) in [6.07, 6.45) is 3.47. The van der Waals surface area contributed by atoms with E-state index in [-0.39, 0.29) is 18.1 Å². The molecule has 0 unspecified atom stereocenters. The van der Waals surface area contributed by atoms with Crippen LogP contribution in [0.5, 0.6) is 5.88 Å². The van der Waals surface area contributed by atoms with Crippen LogP contribution in [-0.2, 0) is 14.3 Å². The van der Waals surface area contributed by atoms with Gasteiger partial charge in [0.05, 0.1) is 19.8 Å². The van der Waals surface area contributed by atoms with Gasteiger partial charge >= 0.3 is 11.9 Å². The largest absolute Gasteiger partial charge is 0.480 e. The maximum atomic E-state index is 11.6. The van der Waals surface area contributed by atoms with Crippen molar-refractivity contribution in [2.45, 2.75) is 6.92 Å². The molecular weight excluding hydrogens is 238 g/mol. The highest BCUT2D eigenvalue weighted by atomic mass is 16.5. The molecule has 0 fully saturated rings. The lowest BCUT2D eigenvalue weighted by molar-refractivity contribution is -0.137. The van der Waals surface area contributed by atoms with Gasteiger partial charge in [0.25, 0.3) is 0 Å². The zero-order chi connectivity index (χ0) is 13.4. The van der Waals surface area contributed by atoms with Gasteiger partial charge in [-0.05, 0) is 19.1 Å². The van der Waals surface area contributed by atoms with E-state index >= 15 is 0 Å². The predicted octanol–water partition coefficient (Wildman–Crippen LogP) is 1.32. The Labute approximate surface area is 104 Å². The number of hydrogen-bond acceptors (Lipinski definition) is 6. The Morgan fingerprint density at radius 3 is 2.89 bits per heavy atom. The molecule has 0 atom stereocenters. The molecule has 0 saturated heterocycles. The zero-order valence-corrected chi connectivity index (χ0v) is 10.1. The number of aromatic nitrogens is 1. The lowest BCUT2D eigenvalue weighted by Crippen LogP contribution is -2.05. The molecule has 96 valence electrons. The molecule has 1 heterocycles. The highest BCUT2D eigenvalue weighted by Crippen LogP contribution is 2.14. The molecule has 0 radical (unpaired) electrons. The third-order valence-corrected chi connectivity index (χ3v) is 1.85. The van der Waals surface area contributed by atoms with E-state index in [2.05, 4.69) is 9.72 Å². The van der Waals surface area contributed by atoms with Gasteiger partial charge < -0.3 is 14.2 Å². The lowest BCUT2D eigenvalue weighted by atomic mass is 10.3. The second-order valence-corrected chi connectivity index (χ2v) is 3.02. The number of carbonyl (C=O) groups is 2. The van der Waals surface area contributed by atoms with Crippen molar-refractivity contribution in [1.29, 1.82) is 0 Å². The molecule has 6 nitrogen and oxygen atoms in total. The molecular formula is C12H13NO5. The zero-order valence-electron chi connectivity index (χ0n) is 10.1. The van der Waals surface area contributed by atoms with Crippen LogP contribution in [0.15, 0.2) is 30.7 Å². The van der Waals surface area contributed by atoms with E-state index in [0.29, 0.717) is 0 Å². The SMILES string of the molecule is CCOC(=O)C=COC(=O)c1cccnc1OC. The van der Waals surface area contributed by atoms with Crippen molar-refractivity contribution >= 4 is 11.9 Å². The van der Waals surface area contributed by atoms with Crippen LogP contribution < -0.4 is 4.74 Å². The highest BCUT2D eigenvalue weighted by Gasteiger charge is 2.13. The Hall–Kier alpha value is -2.37. The van der Waals surface area contributed by atoms with Crippen molar-refractivity contribution in [1.82, 2.24) is 4.98 Å². The summed E-state index contributed by atoms with van der Waals surface area (Å²) in [6, 6.07) is 3.08. The number of carbonyl (C=O) groups excluding carboxylic acids is 2. The highest BCUT2D eigenvalue weighted by molar-refractivity contribution is 5.92. The first-order valence-corrected chi connectivity index (χ1v) is 5.22. The van der Waals surface area contributed by atoms with Gasteiger partial charge in [-0.25, -0.2) is 14.6 Å². The molecule has 0 aliphatic rings. The van der Waals surface area contributed by atoms with Crippen molar-refractivity contribution in [2.75, 3.05) is 13.7 Å². The normalized spacial score (nSPS) is 10.1. The summed E-state index contributed by atoms with van der Waals surface area (Å²) in [6.45, 7) is 1.94. The van der Waals surface area contributed by atoms with Crippen molar-refractivity contribution in [3.05, 3.63) is 36.2 Å². The minimum Gasteiger partial charge on any atom is -0.480 e. The van der Waals surface area contributed by atoms with E-state index in [9.17, 15) is 9.59 Å². The third-order valence-electron chi connectivity index (χ3n) is 1.85. The summed E-state index contributed by atoms with van der Waals surface area (Å²) in [7, 11) is 1.40. The molecule has 0 aliphatic carbocycles. The Bertz CT molecular complexity index is 456. The molecule has 0 aliphatic heterocycles.